The third-order valence-corrected chi connectivity index (χ3v) is 5.93. The summed E-state index contributed by atoms with van der Waals surface area (Å²) in [5, 5.41) is 2.64. The van der Waals surface area contributed by atoms with E-state index in [1.165, 1.54) is 34.1 Å². The van der Waals surface area contributed by atoms with E-state index in [1.54, 1.807) is 44.6 Å². The average Bonchev–Trinajstić information content (AvgIpc) is 3.22. The van der Waals surface area contributed by atoms with Crippen molar-refractivity contribution in [3.63, 3.8) is 0 Å². The van der Waals surface area contributed by atoms with Gasteiger partial charge in [-0.2, -0.15) is 0 Å². The van der Waals surface area contributed by atoms with Gasteiger partial charge in [-0.05, 0) is 54.8 Å². The Morgan fingerprint density at radius 2 is 1.82 bits per heavy atom. The molecule has 2 heterocycles. The summed E-state index contributed by atoms with van der Waals surface area (Å²) < 4.78 is 17.4. The Kier molecular flexibility index (Phi) is 8.47. The summed E-state index contributed by atoms with van der Waals surface area (Å²) in [6.07, 6.45) is 7.17. The summed E-state index contributed by atoms with van der Waals surface area (Å²) in [4.78, 5) is 43.2. The topological polar surface area (TPSA) is 89.2 Å². The molecule has 0 aliphatic rings. The number of imidazole rings is 1. The standard InChI is InChI=1S/C29H29FN5O3/c1-33(2)28(37)14-8-4-7-13-27(36)32-24-12-9-17-34(29(24)38)20-26-31-23-16-15-22(30)18-25(23)35(26)19-21-10-5-3-6-11-21/h3,5-6,8-18H,4,7,19-20H2,1-2H3,(H,32,36)/b14-8+. The van der Waals surface area contributed by atoms with E-state index < -0.39 is 5.91 Å². The summed E-state index contributed by atoms with van der Waals surface area (Å²) in [6, 6.07) is 17.4. The first-order chi connectivity index (χ1) is 18.3. The van der Waals surface area contributed by atoms with Gasteiger partial charge in [-0.25, -0.2) is 9.37 Å². The largest absolute Gasteiger partial charge is 0.345 e. The Morgan fingerprint density at radius 3 is 2.58 bits per heavy atom. The number of fused-ring (bicyclic) bond motifs is 1. The van der Waals surface area contributed by atoms with Crippen molar-refractivity contribution in [1.82, 2.24) is 19.0 Å². The molecule has 0 aliphatic carbocycles. The highest BCUT2D eigenvalue weighted by Crippen LogP contribution is 2.20. The van der Waals surface area contributed by atoms with Gasteiger partial charge >= 0.3 is 0 Å². The number of rotatable bonds is 10. The number of unbranched alkanes of at least 4 members (excludes halogenated alkanes) is 1. The summed E-state index contributed by atoms with van der Waals surface area (Å²) in [7, 11) is 3.33. The van der Waals surface area contributed by atoms with Gasteiger partial charge in [0.2, 0.25) is 11.8 Å². The van der Waals surface area contributed by atoms with Crippen molar-refractivity contribution in [2.45, 2.75) is 25.9 Å². The first-order valence-corrected chi connectivity index (χ1v) is 12.2. The molecule has 0 spiro atoms. The van der Waals surface area contributed by atoms with Crippen LogP contribution in [0.4, 0.5) is 10.1 Å². The number of nitrogens with one attached hydrogen (secondary N) is 1. The number of allylic oxidation sites excluding steroid dienone is 1. The molecule has 2 aromatic heterocycles. The molecule has 2 amide bonds. The predicted octanol–water partition coefficient (Wildman–Crippen LogP) is 4.00. The van der Waals surface area contributed by atoms with E-state index in [9.17, 15) is 18.8 Å². The van der Waals surface area contributed by atoms with Crippen molar-refractivity contribution in [2.24, 2.45) is 0 Å². The molecule has 0 saturated heterocycles. The molecule has 1 N–H and O–H groups in total. The summed E-state index contributed by atoms with van der Waals surface area (Å²) in [5.74, 6) is -0.303. The van der Waals surface area contributed by atoms with Crippen LogP contribution in [0, 0.1) is 12.2 Å². The number of amides is 2. The van der Waals surface area contributed by atoms with Crippen molar-refractivity contribution in [3.05, 3.63) is 113 Å². The van der Waals surface area contributed by atoms with Gasteiger partial charge in [-0.15, -0.1) is 0 Å². The van der Waals surface area contributed by atoms with Crippen LogP contribution in [0.15, 0.2) is 83.8 Å². The zero-order valence-electron chi connectivity index (χ0n) is 21.3. The Hall–Kier alpha value is -4.53. The van der Waals surface area contributed by atoms with E-state index >= 15 is 0 Å². The van der Waals surface area contributed by atoms with Gasteiger partial charge in [0.05, 0.1) is 24.0 Å². The van der Waals surface area contributed by atoms with Crippen molar-refractivity contribution in [1.29, 1.82) is 0 Å². The lowest BCUT2D eigenvalue weighted by molar-refractivity contribution is -0.123. The molecule has 1 radical (unpaired) electrons. The predicted molar refractivity (Wildman–Crippen MR) is 145 cm³/mol. The van der Waals surface area contributed by atoms with Crippen molar-refractivity contribution < 1.29 is 14.0 Å². The third-order valence-electron chi connectivity index (χ3n) is 5.93. The molecule has 0 fully saturated rings. The molecule has 4 aromatic rings. The summed E-state index contributed by atoms with van der Waals surface area (Å²) >= 11 is 0. The van der Waals surface area contributed by atoms with E-state index in [0.29, 0.717) is 36.2 Å². The molecule has 0 saturated carbocycles. The van der Waals surface area contributed by atoms with Crippen LogP contribution in [0.1, 0.15) is 24.2 Å². The first-order valence-electron chi connectivity index (χ1n) is 12.2. The van der Waals surface area contributed by atoms with Crippen LogP contribution in [0.25, 0.3) is 11.0 Å². The SMILES string of the molecule is CN(C)C(=O)/C=C/CC[CH]C(=O)Nc1cccn(Cc2nc3ccc(F)cc3n2Cc2ccccc2)c1=O. The van der Waals surface area contributed by atoms with Gasteiger partial charge in [-0.3, -0.25) is 14.4 Å². The molecule has 0 aliphatic heterocycles. The third kappa shape index (κ3) is 6.61. The number of aromatic nitrogens is 3. The van der Waals surface area contributed by atoms with Crippen molar-refractivity contribution in [3.8, 4) is 0 Å². The second-order valence-electron chi connectivity index (χ2n) is 8.99. The molecular formula is C29H29FN5O3. The number of nitrogens with zero attached hydrogens (tertiary/aromatic N) is 4. The van der Waals surface area contributed by atoms with Crippen LogP contribution < -0.4 is 10.9 Å². The Labute approximate surface area is 220 Å². The maximum Gasteiger partial charge on any atom is 0.274 e. The van der Waals surface area contributed by atoms with E-state index in [2.05, 4.69) is 10.3 Å². The van der Waals surface area contributed by atoms with Crippen LogP contribution in [0.5, 0.6) is 0 Å². The number of carbonyl (C=O) groups excluding carboxylic acids is 2. The second-order valence-corrected chi connectivity index (χ2v) is 8.99. The molecule has 2 aromatic carbocycles. The summed E-state index contributed by atoms with van der Waals surface area (Å²) in [5.41, 5.74) is 2.05. The maximum absolute atomic E-state index is 14.1. The lowest BCUT2D eigenvalue weighted by Crippen LogP contribution is -2.26. The minimum absolute atomic E-state index is 0.123. The van der Waals surface area contributed by atoms with Gasteiger partial charge < -0.3 is 19.4 Å². The van der Waals surface area contributed by atoms with E-state index in [0.717, 1.165) is 5.56 Å². The Morgan fingerprint density at radius 1 is 1.03 bits per heavy atom. The molecule has 8 nitrogen and oxygen atoms in total. The van der Waals surface area contributed by atoms with Crippen LogP contribution >= 0.6 is 0 Å². The zero-order valence-corrected chi connectivity index (χ0v) is 21.3. The summed E-state index contributed by atoms with van der Waals surface area (Å²) in [6.45, 7) is 0.602. The van der Waals surface area contributed by atoms with E-state index in [1.807, 2.05) is 34.9 Å². The highest BCUT2D eigenvalue weighted by Gasteiger charge is 2.15. The van der Waals surface area contributed by atoms with E-state index in [-0.39, 0.29) is 29.5 Å². The highest BCUT2D eigenvalue weighted by molar-refractivity contribution is 5.96. The molecule has 9 heteroatoms. The fraction of sp³-hybridized carbons (Fsp3) is 0.207. The highest BCUT2D eigenvalue weighted by atomic mass is 19.1. The number of anilines is 1. The van der Waals surface area contributed by atoms with Crippen LogP contribution in [0.2, 0.25) is 0 Å². The Bertz CT molecular complexity index is 1520. The zero-order chi connectivity index (χ0) is 27.1. The van der Waals surface area contributed by atoms with Gasteiger partial charge in [0, 0.05) is 26.8 Å². The van der Waals surface area contributed by atoms with Gasteiger partial charge in [0.1, 0.15) is 17.3 Å². The number of carbonyl (C=O) groups is 2. The molecule has 38 heavy (non-hydrogen) atoms. The number of hydrogen-bond donors (Lipinski definition) is 1. The lowest BCUT2D eigenvalue weighted by atomic mass is 10.2. The van der Waals surface area contributed by atoms with Crippen LogP contribution in [-0.4, -0.2) is 44.9 Å². The van der Waals surface area contributed by atoms with Crippen LogP contribution in [-0.2, 0) is 22.7 Å². The number of hydrogen-bond acceptors (Lipinski definition) is 4. The fourth-order valence-electron chi connectivity index (χ4n) is 3.95. The average molecular weight is 515 g/mol. The lowest BCUT2D eigenvalue weighted by Gasteiger charge is -2.12. The minimum atomic E-state index is -0.404. The van der Waals surface area contributed by atoms with Crippen molar-refractivity contribution in [2.75, 3.05) is 19.4 Å². The Balaban J connectivity index is 1.49. The van der Waals surface area contributed by atoms with Gasteiger partial charge in [0.15, 0.2) is 0 Å². The number of likely N-dealkylation sites (N-methyl/N-ethyl adjacent to an activating group) is 1. The van der Waals surface area contributed by atoms with E-state index in [4.69, 9.17) is 0 Å². The van der Waals surface area contributed by atoms with Crippen molar-refractivity contribution >= 4 is 28.5 Å². The monoisotopic (exact) mass is 514 g/mol. The molecular weight excluding hydrogens is 485 g/mol. The number of benzene rings is 2. The quantitative estimate of drug-likeness (QED) is 0.256. The smallest absolute Gasteiger partial charge is 0.274 e. The molecule has 0 atom stereocenters. The van der Waals surface area contributed by atoms with Crippen LogP contribution in [0.3, 0.4) is 0 Å². The molecule has 0 bridgehead atoms. The normalized spacial score (nSPS) is 11.2. The fourth-order valence-corrected chi connectivity index (χ4v) is 3.95. The van der Waals surface area contributed by atoms with Gasteiger partial charge in [0.25, 0.3) is 5.56 Å². The number of pyridine rings is 1. The maximum atomic E-state index is 14.1. The minimum Gasteiger partial charge on any atom is -0.345 e. The molecule has 4 rings (SSSR count). The first kappa shape index (κ1) is 26.5. The molecule has 0 unspecified atom stereocenters. The van der Waals surface area contributed by atoms with Gasteiger partial charge in [-0.1, -0.05) is 36.4 Å². The number of halogens is 1. The molecule has 195 valence electrons. The second kappa shape index (κ2) is 12.1.